The molecule has 6 N–H and O–H groups in total. The molecule has 1 aliphatic heterocycles. The van der Waals surface area contributed by atoms with Crippen molar-refractivity contribution in [1.82, 2.24) is 9.80 Å². The lowest BCUT2D eigenvalue weighted by molar-refractivity contribution is -0.153. The molecule has 4 aliphatic rings. The van der Waals surface area contributed by atoms with E-state index in [9.17, 15) is 39.6 Å². The number of Topliss-reactive ketones (excluding diaryl/α,β-unsaturated/α-hetero) is 2. The monoisotopic (exact) mass is 628 g/mol. The van der Waals surface area contributed by atoms with E-state index in [1.54, 1.807) is 14.1 Å². The van der Waals surface area contributed by atoms with Gasteiger partial charge in [-0.2, -0.15) is 0 Å². The highest BCUT2D eigenvalue weighted by molar-refractivity contribution is 6.24. The van der Waals surface area contributed by atoms with E-state index in [2.05, 4.69) is 4.90 Å². The number of anilines is 1. The number of phenolic OH excluding ortho intramolecular Hbond substituents is 1. The van der Waals surface area contributed by atoms with Crippen molar-refractivity contribution in [1.29, 1.82) is 0 Å². The molecule has 2 fully saturated rings. The molecule has 0 radical (unpaired) electrons. The molecule has 1 amide bonds. The number of primary amides is 1. The standard InChI is InChI=1S/C31H40N4O9.CH4/c1-33(2)19-12-16(13-35-8-6-14(7-9-35)30(42)44-5)24(36)21-17(19)10-15-11-18-23(34(3)4)26(38)22(29(32)41)28(40)31(18,43)27(39)20(15)25(21)37;/h12,14-15,18,23,36-37,40,43H,6-11,13H2,1-5H3,(H2,32,41);1H4/t15-,18-,23-,31-;/m0./s1. The summed E-state index contributed by atoms with van der Waals surface area (Å²) >= 11 is 0. The first kappa shape index (κ1) is 33.9. The normalized spacial score (nSPS) is 27.0. The lowest BCUT2D eigenvalue weighted by Crippen LogP contribution is -2.65. The van der Waals surface area contributed by atoms with E-state index < -0.39 is 58.0 Å². The van der Waals surface area contributed by atoms with E-state index in [-0.39, 0.29) is 49.0 Å². The molecule has 13 nitrogen and oxygen atoms in total. The minimum Gasteiger partial charge on any atom is -0.508 e. The topological polar surface area (TPSA) is 194 Å². The molecule has 4 atom stereocenters. The zero-order valence-corrected chi connectivity index (χ0v) is 25.6. The maximum Gasteiger partial charge on any atom is 0.308 e. The lowest BCUT2D eigenvalue weighted by atomic mass is 9.57. The van der Waals surface area contributed by atoms with E-state index in [1.165, 1.54) is 12.0 Å². The van der Waals surface area contributed by atoms with Gasteiger partial charge < -0.3 is 35.8 Å². The van der Waals surface area contributed by atoms with Gasteiger partial charge in [0.05, 0.1) is 24.6 Å². The zero-order chi connectivity index (χ0) is 32.4. The van der Waals surface area contributed by atoms with Crippen LogP contribution < -0.4 is 10.6 Å². The predicted octanol–water partition coefficient (Wildman–Crippen LogP) is 1.05. The van der Waals surface area contributed by atoms with Crippen LogP contribution in [0.4, 0.5) is 5.69 Å². The van der Waals surface area contributed by atoms with E-state index in [0.29, 0.717) is 43.6 Å². The average Bonchev–Trinajstić information content (AvgIpc) is 2.95. The summed E-state index contributed by atoms with van der Waals surface area (Å²) in [6.45, 7) is 1.50. The van der Waals surface area contributed by atoms with Crippen molar-refractivity contribution in [2.45, 2.75) is 51.3 Å². The number of aliphatic hydroxyl groups excluding tert-OH is 2. The van der Waals surface area contributed by atoms with Crippen molar-refractivity contribution in [2.75, 3.05) is 53.3 Å². The van der Waals surface area contributed by atoms with E-state index in [0.717, 1.165) is 5.69 Å². The molecule has 13 heteroatoms. The quantitative estimate of drug-likeness (QED) is 0.222. The molecular formula is C32H44N4O9. The molecule has 0 spiro atoms. The third-order valence-electron chi connectivity index (χ3n) is 9.77. The molecule has 1 saturated carbocycles. The summed E-state index contributed by atoms with van der Waals surface area (Å²) in [6, 6.07) is 0.708. The number of carbonyl (C=O) groups is 4. The lowest BCUT2D eigenvalue weighted by Gasteiger charge is -2.50. The smallest absolute Gasteiger partial charge is 0.308 e. The molecule has 1 aromatic carbocycles. The Morgan fingerprint density at radius 1 is 1.11 bits per heavy atom. The number of hydrogen-bond acceptors (Lipinski definition) is 12. The van der Waals surface area contributed by atoms with Gasteiger partial charge in [-0.3, -0.25) is 29.0 Å². The predicted molar refractivity (Wildman–Crippen MR) is 165 cm³/mol. The van der Waals surface area contributed by atoms with Crippen LogP contribution in [0, 0.1) is 17.8 Å². The molecular weight excluding hydrogens is 584 g/mol. The largest absolute Gasteiger partial charge is 0.508 e. The Morgan fingerprint density at radius 2 is 1.73 bits per heavy atom. The van der Waals surface area contributed by atoms with Crippen LogP contribution in [-0.4, -0.2) is 114 Å². The number of amides is 1. The Bertz CT molecular complexity index is 1510. The number of nitrogens with zero attached hydrogens (tertiary/aromatic N) is 3. The fraction of sp³-hybridized carbons (Fsp3) is 0.562. The third-order valence-corrected chi connectivity index (χ3v) is 9.77. The summed E-state index contributed by atoms with van der Waals surface area (Å²) in [6.07, 6.45) is 1.44. The van der Waals surface area contributed by atoms with Crippen molar-refractivity contribution in [3.8, 4) is 5.75 Å². The number of carbonyl (C=O) groups excluding carboxylic acids is 4. The summed E-state index contributed by atoms with van der Waals surface area (Å²) in [5.41, 5.74) is 3.57. The number of methoxy groups -OCH3 is 1. The number of phenols is 1. The van der Waals surface area contributed by atoms with Crippen LogP contribution in [0.25, 0.3) is 5.76 Å². The summed E-state index contributed by atoms with van der Waals surface area (Å²) in [5.74, 6) is -7.18. The molecule has 0 aromatic heterocycles. The number of piperidine rings is 1. The molecule has 3 aliphatic carbocycles. The number of hydrogen-bond donors (Lipinski definition) is 5. The van der Waals surface area contributed by atoms with Crippen LogP contribution in [0.15, 0.2) is 23.0 Å². The SMILES string of the molecule is C.COC(=O)C1CCN(Cc2cc(N(C)C)c3c(c2O)C(O)=C2C(=O)[C@]4(O)C(O)=C(C(N)=O)C(=O)[C@@H](N(C)C)[C@@H]4C[C@@H]2C3)CC1. The molecule has 1 saturated heterocycles. The first-order valence-corrected chi connectivity index (χ1v) is 14.6. The number of rotatable bonds is 6. The summed E-state index contributed by atoms with van der Waals surface area (Å²) in [7, 11) is 8.15. The first-order chi connectivity index (χ1) is 20.6. The number of ketones is 2. The third kappa shape index (κ3) is 5.16. The maximum absolute atomic E-state index is 14.1. The molecule has 0 unspecified atom stereocenters. The maximum atomic E-state index is 14.1. The van der Waals surface area contributed by atoms with Crippen LogP contribution >= 0.6 is 0 Å². The van der Waals surface area contributed by atoms with Gasteiger partial charge in [0.1, 0.15) is 22.8 Å². The van der Waals surface area contributed by atoms with Crippen molar-refractivity contribution in [2.24, 2.45) is 23.5 Å². The van der Waals surface area contributed by atoms with E-state index >= 15 is 0 Å². The van der Waals surface area contributed by atoms with Crippen LogP contribution in [0.2, 0.25) is 0 Å². The second-order valence-corrected chi connectivity index (χ2v) is 12.7. The minimum absolute atomic E-state index is 0. The second kappa shape index (κ2) is 12.1. The number of likely N-dealkylation sites (N-methyl/N-ethyl adjacent to an activating group) is 1. The van der Waals surface area contributed by atoms with Crippen molar-refractivity contribution >= 4 is 34.9 Å². The number of fused-ring (bicyclic) bond motifs is 3. The van der Waals surface area contributed by atoms with Gasteiger partial charge in [0.2, 0.25) is 5.78 Å². The van der Waals surface area contributed by atoms with Crippen molar-refractivity contribution in [3.05, 3.63) is 39.7 Å². The molecule has 5 rings (SSSR count). The number of benzene rings is 1. The van der Waals surface area contributed by atoms with Crippen LogP contribution in [-0.2, 0) is 36.9 Å². The Balaban J connectivity index is 0.00000461. The van der Waals surface area contributed by atoms with E-state index in [4.69, 9.17) is 10.5 Å². The number of aromatic hydroxyl groups is 1. The van der Waals surface area contributed by atoms with Gasteiger partial charge in [0.25, 0.3) is 5.91 Å². The zero-order valence-electron chi connectivity index (χ0n) is 25.6. The highest BCUT2D eigenvalue weighted by atomic mass is 16.5. The van der Waals surface area contributed by atoms with Gasteiger partial charge in [0.15, 0.2) is 11.4 Å². The van der Waals surface area contributed by atoms with Crippen LogP contribution in [0.1, 0.15) is 43.4 Å². The number of esters is 1. The minimum atomic E-state index is -2.69. The summed E-state index contributed by atoms with van der Waals surface area (Å²) in [4.78, 5) is 57.0. The molecule has 1 heterocycles. The Morgan fingerprint density at radius 3 is 2.27 bits per heavy atom. The molecule has 1 aromatic rings. The molecule has 246 valence electrons. The van der Waals surface area contributed by atoms with Crippen molar-refractivity contribution < 1.29 is 44.3 Å². The van der Waals surface area contributed by atoms with Crippen LogP contribution in [0.5, 0.6) is 5.75 Å². The average molecular weight is 629 g/mol. The van der Waals surface area contributed by atoms with Gasteiger partial charge in [0, 0.05) is 43.4 Å². The summed E-state index contributed by atoms with van der Waals surface area (Å²) < 4.78 is 4.88. The number of ether oxygens (including phenoxy) is 1. The fourth-order valence-corrected chi connectivity index (χ4v) is 7.60. The Kier molecular flexibility index (Phi) is 9.13. The first-order valence-electron chi connectivity index (χ1n) is 14.6. The highest BCUT2D eigenvalue weighted by Gasteiger charge is 2.64. The van der Waals surface area contributed by atoms with Gasteiger partial charge in [-0.1, -0.05) is 7.43 Å². The highest BCUT2D eigenvalue weighted by Crippen LogP contribution is 2.54. The number of likely N-dealkylation sites (tertiary alicyclic amines) is 1. The fourth-order valence-electron chi connectivity index (χ4n) is 7.60. The van der Waals surface area contributed by atoms with Gasteiger partial charge in [-0.15, -0.1) is 0 Å². The molecule has 0 bridgehead atoms. The van der Waals surface area contributed by atoms with Crippen LogP contribution in [0.3, 0.4) is 0 Å². The van der Waals surface area contributed by atoms with Gasteiger partial charge >= 0.3 is 5.97 Å². The Hall–Kier alpha value is -3.94. The van der Waals surface area contributed by atoms with E-state index in [1.807, 2.05) is 25.1 Å². The Labute approximate surface area is 262 Å². The van der Waals surface area contributed by atoms with Crippen molar-refractivity contribution in [3.63, 3.8) is 0 Å². The number of nitrogens with two attached hydrogens (primary N) is 1. The summed E-state index contributed by atoms with van der Waals surface area (Å²) in [5, 5.41) is 46.1. The number of aliphatic hydroxyl groups is 3. The molecule has 45 heavy (non-hydrogen) atoms. The van der Waals surface area contributed by atoms with Gasteiger partial charge in [-0.25, -0.2) is 0 Å². The second-order valence-electron chi connectivity index (χ2n) is 12.7. The van der Waals surface area contributed by atoms with Gasteiger partial charge in [-0.05, 0) is 70.4 Å².